The first-order valence-corrected chi connectivity index (χ1v) is 7.45. The van der Waals surface area contributed by atoms with Gasteiger partial charge in [0.1, 0.15) is 5.82 Å². The number of piperazine rings is 1. The van der Waals surface area contributed by atoms with Crippen LogP contribution >= 0.6 is 0 Å². The fraction of sp³-hybridized carbons (Fsp3) is 0.438. The molecule has 2 aromatic rings. The molecule has 1 atom stereocenters. The average Bonchev–Trinajstić information content (AvgIpc) is 2.54. The van der Waals surface area contributed by atoms with Crippen LogP contribution in [0.3, 0.4) is 0 Å². The maximum Gasteiger partial charge on any atom is 0.257 e. The fourth-order valence-corrected chi connectivity index (χ4v) is 3.07. The van der Waals surface area contributed by atoms with E-state index < -0.39 is 0 Å². The van der Waals surface area contributed by atoms with Crippen LogP contribution in [0, 0.1) is 0 Å². The quantitative estimate of drug-likeness (QED) is 0.885. The summed E-state index contributed by atoms with van der Waals surface area (Å²) in [5.74, 6) is 0.841. The Morgan fingerprint density at radius 3 is 2.90 bits per heavy atom. The highest BCUT2D eigenvalue weighted by molar-refractivity contribution is 5.83. The number of hydrogen-bond donors (Lipinski definition) is 2. The van der Waals surface area contributed by atoms with Crippen molar-refractivity contribution in [2.45, 2.75) is 13.0 Å². The Morgan fingerprint density at radius 2 is 2.14 bits per heavy atom. The zero-order valence-electron chi connectivity index (χ0n) is 12.2. The van der Waals surface area contributed by atoms with Crippen molar-refractivity contribution in [2.75, 3.05) is 37.7 Å². The molecule has 0 spiro atoms. The lowest BCUT2D eigenvalue weighted by atomic mass is 10.1. The molecule has 5 nitrogen and oxygen atoms in total. The number of anilines is 1. The van der Waals surface area contributed by atoms with Crippen molar-refractivity contribution >= 4 is 16.6 Å². The minimum absolute atomic E-state index is 0.0541. The number of benzene rings is 1. The van der Waals surface area contributed by atoms with Crippen molar-refractivity contribution < 1.29 is 5.11 Å². The van der Waals surface area contributed by atoms with Gasteiger partial charge >= 0.3 is 0 Å². The van der Waals surface area contributed by atoms with Crippen LogP contribution < -0.4 is 10.5 Å². The number of nitrogens with zero attached hydrogens (tertiary/aromatic N) is 2. The zero-order valence-corrected chi connectivity index (χ0v) is 12.2. The Balaban J connectivity index is 1.92. The molecule has 0 amide bonds. The first kappa shape index (κ1) is 14.1. The monoisotopic (exact) mass is 287 g/mol. The Bertz CT molecular complexity index is 683. The largest absolute Gasteiger partial charge is 0.395 e. The number of hydrogen-bond acceptors (Lipinski definition) is 4. The number of aliphatic hydroxyl groups excluding tert-OH is 1. The van der Waals surface area contributed by atoms with Crippen LogP contribution in [-0.4, -0.2) is 53.8 Å². The SMILES string of the molecule is CCN1CCN(c2cc3ccccc3c(=O)[nH]2)C[C@@H]1CO. The highest BCUT2D eigenvalue weighted by Gasteiger charge is 2.25. The van der Waals surface area contributed by atoms with Gasteiger partial charge in [-0.15, -0.1) is 0 Å². The maximum absolute atomic E-state index is 12.2. The van der Waals surface area contributed by atoms with Crippen LogP contribution in [0.2, 0.25) is 0 Å². The molecule has 0 unspecified atom stereocenters. The standard InChI is InChI=1S/C16H21N3O2/c1-2-18-7-8-19(10-13(18)11-20)15-9-12-5-3-4-6-14(12)16(21)17-15/h3-6,9,13,20H,2,7-8,10-11H2,1H3,(H,17,21)/t13-/m1/s1. The van der Waals surface area contributed by atoms with Gasteiger partial charge in [-0.25, -0.2) is 0 Å². The molecule has 1 aliphatic rings. The molecule has 21 heavy (non-hydrogen) atoms. The van der Waals surface area contributed by atoms with Crippen LogP contribution in [0.25, 0.3) is 10.8 Å². The highest BCUT2D eigenvalue weighted by Crippen LogP contribution is 2.19. The van der Waals surface area contributed by atoms with Crippen molar-refractivity contribution in [3.05, 3.63) is 40.7 Å². The van der Waals surface area contributed by atoms with E-state index in [1.54, 1.807) is 0 Å². The molecule has 1 fully saturated rings. The zero-order chi connectivity index (χ0) is 14.8. The van der Waals surface area contributed by atoms with Crippen molar-refractivity contribution in [3.8, 4) is 0 Å². The fourth-order valence-electron chi connectivity index (χ4n) is 3.07. The number of nitrogens with one attached hydrogen (secondary N) is 1. The van der Waals surface area contributed by atoms with Gasteiger partial charge in [0.05, 0.1) is 12.6 Å². The molecule has 1 aliphatic heterocycles. The molecular weight excluding hydrogens is 266 g/mol. The smallest absolute Gasteiger partial charge is 0.257 e. The Hall–Kier alpha value is -1.85. The van der Waals surface area contributed by atoms with E-state index in [0.29, 0.717) is 5.39 Å². The maximum atomic E-state index is 12.2. The predicted molar refractivity (Wildman–Crippen MR) is 84.9 cm³/mol. The van der Waals surface area contributed by atoms with E-state index in [9.17, 15) is 9.90 Å². The van der Waals surface area contributed by atoms with E-state index in [1.807, 2.05) is 30.3 Å². The molecule has 0 aliphatic carbocycles. The Labute approximate surface area is 123 Å². The number of pyridine rings is 1. The molecule has 112 valence electrons. The van der Waals surface area contributed by atoms with Gasteiger partial charge in [-0.05, 0) is 24.1 Å². The van der Waals surface area contributed by atoms with Gasteiger partial charge in [0.2, 0.25) is 0 Å². The summed E-state index contributed by atoms with van der Waals surface area (Å²) in [4.78, 5) is 19.6. The van der Waals surface area contributed by atoms with Gasteiger partial charge in [-0.2, -0.15) is 0 Å². The Kier molecular flexibility index (Phi) is 3.94. The summed E-state index contributed by atoms with van der Waals surface area (Å²) < 4.78 is 0. The second-order valence-corrected chi connectivity index (χ2v) is 5.48. The van der Waals surface area contributed by atoms with E-state index in [2.05, 4.69) is 21.7 Å². The molecule has 0 radical (unpaired) electrons. The lowest BCUT2D eigenvalue weighted by molar-refractivity contribution is 0.116. The summed E-state index contributed by atoms with van der Waals surface area (Å²) >= 11 is 0. The van der Waals surface area contributed by atoms with Crippen LogP contribution in [0.4, 0.5) is 5.82 Å². The number of aromatic nitrogens is 1. The van der Waals surface area contributed by atoms with Crippen LogP contribution in [0.5, 0.6) is 0 Å². The van der Waals surface area contributed by atoms with E-state index in [1.165, 1.54) is 0 Å². The third-order valence-electron chi connectivity index (χ3n) is 4.30. The molecule has 1 aromatic carbocycles. The number of aliphatic hydroxyl groups is 1. The first-order chi connectivity index (χ1) is 10.2. The van der Waals surface area contributed by atoms with Crippen LogP contribution in [0.1, 0.15) is 6.92 Å². The topological polar surface area (TPSA) is 59.6 Å². The molecular formula is C16H21N3O2. The lowest BCUT2D eigenvalue weighted by Gasteiger charge is -2.41. The minimum atomic E-state index is -0.0541. The lowest BCUT2D eigenvalue weighted by Crippen LogP contribution is -2.54. The van der Waals surface area contributed by atoms with Crippen molar-refractivity contribution in [3.63, 3.8) is 0 Å². The van der Waals surface area contributed by atoms with Crippen molar-refractivity contribution in [1.82, 2.24) is 9.88 Å². The van der Waals surface area contributed by atoms with Gasteiger partial charge in [0.25, 0.3) is 5.56 Å². The molecule has 5 heteroatoms. The van der Waals surface area contributed by atoms with E-state index >= 15 is 0 Å². The Morgan fingerprint density at radius 1 is 1.33 bits per heavy atom. The normalized spacial score (nSPS) is 20.1. The summed E-state index contributed by atoms with van der Waals surface area (Å²) in [6.45, 7) is 5.68. The number of H-pyrrole nitrogens is 1. The molecule has 2 N–H and O–H groups in total. The van der Waals surface area contributed by atoms with Crippen LogP contribution in [0.15, 0.2) is 35.1 Å². The van der Waals surface area contributed by atoms with Crippen LogP contribution in [-0.2, 0) is 0 Å². The molecule has 0 saturated carbocycles. The van der Waals surface area contributed by atoms with Gasteiger partial charge in [0.15, 0.2) is 0 Å². The summed E-state index contributed by atoms with van der Waals surface area (Å²) in [7, 11) is 0. The number of likely N-dealkylation sites (N-methyl/N-ethyl adjacent to an activating group) is 1. The summed E-state index contributed by atoms with van der Waals surface area (Å²) in [5.41, 5.74) is -0.0541. The van der Waals surface area contributed by atoms with E-state index in [4.69, 9.17) is 0 Å². The second kappa shape index (κ2) is 5.87. The third-order valence-corrected chi connectivity index (χ3v) is 4.30. The van der Waals surface area contributed by atoms with Crippen molar-refractivity contribution in [2.24, 2.45) is 0 Å². The number of fused-ring (bicyclic) bond motifs is 1. The summed E-state index contributed by atoms with van der Waals surface area (Å²) in [6.07, 6.45) is 0. The minimum Gasteiger partial charge on any atom is -0.395 e. The second-order valence-electron chi connectivity index (χ2n) is 5.48. The first-order valence-electron chi connectivity index (χ1n) is 7.45. The molecule has 2 heterocycles. The number of aromatic amines is 1. The molecule has 1 aromatic heterocycles. The van der Waals surface area contributed by atoms with Gasteiger partial charge < -0.3 is 15.0 Å². The molecule has 1 saturated heterocycles. The van der Waals surface area contributed by atoms with E-state index in [-0.39, 0.29) is 18.2 Å². The van der Waals surface area contributed by atoms with Crippen molar-refractivity contribution in [1.29, 1.82) is 0 Å². The van der Waals surface area contributed by atoms with Gasteiger partial charge in [0, 0.05) is 25.0 Å². The average molecular weight is 287 g/mol. The number of rotatable bonds is 3. The summed E-state index contributed by atoms with van der Waals surface area (Å²) in [6, 6.07) is 9.76. The van der Waals surface area contributed by atoms with Gasteiger partial charge in [-0.1, -0.05) is 25.1 Å². The molecule has 0 bridgehead atoms. The highest BCUT2D eigenvalue weighted by atomic mass is 16.3. The van der Waals surface area contributed by atoms with Gasteiger partial charge in [-0.3, -0.25) is 9.69 Å². The summed E-state index contributed by atoms with van der Waals surface area (Å²) in [5, 5.41) is 11.2. The van der Waals surface area contributed by atoms with E-state index in [0.717, 1.165) is 37.4 Å². The predicted octanol–water partition coefficient (Wildman–Crippen LogP) is 1.03. The third kappa shape index (κ3) is 2.66. The molecule has 3 rings (SSSR count).